The molecule has 2 unspecified atom stereocenters. The first-order valence-electron chi connectivity index (χ1n) is 13.8. The Balaban J connectivity index is 1.44. The average molecular weight is 564 g/mol. The number of para-hydroxylation sites is 1. The molecule has 1 aromatic heterocycles. The molecule has 5 rings (SSSR count). The molecule has 1 aliphatic heterocycles. The third-order valence-electron chi connectivity index (χ3n) is 7.68. The molecule has 9 heteroatoms. The van der Waals surface area contributed by atoms with Crippen LogP contribution in [0.5, 0.6) is 0 Å². The number of piperidine rings is 1. The van der Waals surface area contributed by atoms with E-state index in [-0.39, 0.29) is 31.7 Å². The Hall–Kier alpha value is -4.27. The minimum absolute atomic E-state index is 0.00203. The average Bonchev–Trinajstić information content (AvgIpc) is 3.37. The zero-order valence-electron chi connectivity index (χ0n) is 22.5. The van der Waals surface area contributed by atoms with Gasteiger partial charge in [-0.15, -0.1) is 0 Å². The highest BCUT2D eigenvalue weighted by molar-refractivity contribution is 5.87. The van der Waals surface area contributed by atoms with E-state index in [0.717, 1.165) is 27.6 Å². The summed E-state index contributed by atoms with van der Waals surface area (Å²) in [7, 11) is 0. The number of nitrogens with one attached hydrogen (secondary N) is 2. The van der Waals surface area contributed by atoms with Crippen molar-refractivity contribution in [1.82, 2.24) is 10.3 Å². The van der Waals surface area contributed by atoms with Crippen molar-refractivity contribution in [2.24, 2.45) is 0 Å². The summed E-state index contributed by atoms with van der Waals surface area (Å²) < 4.78 is 42.1. The Labute approximate surface area is 236 Å². The fourth-order valence-electron chi connectivity index (χ4n) is 5.72. The summed E-state index contributed by atoms with van der Waals surface area (Å²) >= 11 is 0. The third kappa shape index (κ3) is 6.56. The zero-order chi connectivity index (χ0) is 29.0. The van der Waals surface area contributed by atoms with Gasteiger partial charge in [-0.25, -0.2) is 0 Å². The number of carboxylic acid groups (broad SMARTS) is 1. The molecule has 1 aliphatic rings. The van der Waals surface area contributed by atoms with Crippen LogP contribution in [0.15, 0.2) is 79.0 Å². The minimum Gasteiger partial charge on any atom is -0.481 e. The van der Waals surface area contributed by atoms with Gasteiger partial charge in [0.15, 0.2) is 0 Å². The monoisotopic (exact) mass is 563 g/mol. The topological polar surface area (TPSA) is 85.4 Å². The van der Waals surface area contributed by atoms with Gasteiger partial charge in [0.2, 0.25) is 5.91 Å². The van der Waals surface area contributed by atoms with E-state index in [1.807, 2.05) is 48.5 Å². The van der Waals surface area contributed by atoms with Crippen molar-refractivity contribution in [2.75, 3.05) is 11.4 Å². The molecule has 214 valence electrons. The fourth-order valence-corrected chi connectivity index (χ4v) is 5.72. The third-order valence-corrected chi connectivity index (χ3v) is 7.68. The maximum Gasteiger partial charge on any atom is 0.408 e. The van der Waals surface area contributed by atoms with E-state index in [1.165, 1.54) is 4.90 Å². The summed E-state index contributed by atoms with van der Waals surface area (Å²) in [5.41, 5.74) is 4.32. The highest BCUT2D eigenvalue weighted by Crippen LogP contribution is 2.39. The summed E-state index contributed by atoms with van der Waals surface area (Å²) in [6.45, 7) is 0.289. The number of anilines is 1. The number of H-pyrrole nitrogens is 1. The number of amides is 1. The Morgan fingerprint density at radius 1 is 1.02 bits per heavy atom. The number of benzene rings is 3. The van der Waals surface area contributed by atoms with Crippen LogP contribution in [-0.2, 0) is 22.4 Å². The number of carboxylic acids is 1. The fraction of sp³-hybridized carbons (Fsp3) is 0.312. The number of carbonyl (C=O) groups excluding carboxylic acids is 1. The normalized spacial score (nSPS) is 16.5. The molecular formula is C32H32F3N3O3. The second kappa shape index (κ2) is 12.1. The van der Waals surface area contributed by atoms with E-state index in [1.54, 1.807) is 30.5 Å². The van der Waals surface area contributed by atoms with Crippen molar-refractivity contribution in [3.8, 4) is 0 Å². The standard InChI is InChI=1S/C32H32F3N3O3/c33-32(34,35)28-12-6-7-17-38(28)27-11-5-4-10-24(27)31(22-8-2-1-3-9-22)37-29(39)19-21-13-15-26-25(18-21)23(20-36-26)14-16-30(40)41/h1-5,8-11,13,15,18,20,28,31,36H,6-7,12,14,16-17,19H2,(H,37,39)(H,40,41). The Bertz CT molecular complexity index is 1520. The van der Waals surface area contributed by atoms with Gasteiger partial charge in [-0.05, 0) is 60.6 Å². The molecule has 2 atom stereocenters. The van der Waals surface area contributed by atoms with Crippen molar-refractivity contribution in [3.05, 3.63) is 101 Å². The van der Waals surface area contributed by atoms with Crippen LogP contribution in [0.4, 0.5) is 18.9 Å². The molecule has 0 spiro atoms. The van der Waals surface area contributed by atoms with Crippen LogP contribution < -0.4 is 10.2 Å². The maximum atomic E-state index is 14.0. The summed E-state index contributed by atoms with van der Waals surface area (Å²) in [5, 5.41) is 13.0. The summed E-state index contributed by atoms with van der Waals surface area (Å²) in [5.74, 6) is -1.16. The first-order valence-corrected chi connectivity index (χ1v) is 13.8. The van der Waals surface area contributed by atoms with E-state index in [4.69, 9.17) is 5.11 Å². The molecule has 3 aromatic carbocycles. The van der Waals surface area contributed by atoms with Crippen LogP contribution in [0, 0.1) is 0 Å². The number of alkyl halides is 3. The predicted molar refractivity (Wildman–Crippen MR) is 152 cm³/mol. The first kappa shape index (κ1) is 28.3. The number of hydrogen-bond acceptors (Lipinski definition) is 3. The molecule has 1 fully saturated rings. The van der Waals surface area contributed by atoms with Gasteiger partial charge < -0.3 is 20.3 Å². The van der Waals surface area contributed by atoms with Gasteiger partial charge in [0, 0.05) is 41.3 Å². The lowest BCUT2D eigenvalue weighted by molar-refractivity contribution is -0.152. The smallest absolute Gasteiger partial charge is 0.408 e. The van der Waals surface area contributed by atoms with E-state index >= 15 is 0 Å². The lowest BCUT2D eigenvalue weighted by Gasteiger charge is -2.40. The quantitative estimate of drug-likeness (QED) is 0.216. The predicted octanol–water partition coefficient (Wildman–Crippen LogP) is 6.55. The number of hydrogen-bond donors (Lipinski definition) is 3. The minimum atomic E-state index is -4.36. The van der Waals surface area contributed by atoms with E-state index < -0.39 is 24.2 Å². The van der Waals surface area contributed by atoms with Gasteiger partial charge in [-0.3, -0.25) is 9.59 Å². The van der Waals surface area contributed by atoms with E-state index in [2.05, 4.69) is 10.3 Å². The molecule has 0 aliphatic carbocycles. The van der Waals surface area contributed by atoms with Gasteiger partial charge in [0.25, 0.3) is 0 Å². The molecular weight excluding hydrogens is 531 g/mol. The van der Waals surface area contributed by atoms with Gasteiger partial charge in [0.05, 0.1) is 12.5 Å². The second-order valence-electron chi connectivity index (χ2n) is 10.5. The summed E-state index contributed by atoms with van der Waals surface area (Å²) in [6, 6.07) is 19.6. The molecule has 0 bridgehead atoms. The highest BCUT2D eigenvalue weighted by Gasteiger charge is 2.45. The SMILES string of the molecule is O=C(O)CCc1c[nH]c2ccc(CC(=O)NC(c3ccccc3)c3ccccc3N3CCCCC3C(F)(F)F)cc12. The maximum absolute atomic E-state index is 14.0. The van der Waals surface area contributed by atoms with Gasteiger partial charge >= 0.3 is 12.1 Å². The van der Waals surface area contributed by atoms with Crippen molar-refractivity contribution in [2.45, 2.75) is 56.8 Å². The molecule has 1 saturated heterocycles. The van der Waals surface area contributed by atoms with Crippen LogP contribution >= 0.6 is 0 Å². The van der Waals surface area contributed by atoms with Crippen molar-refractivity contribution in [1.29, 1.82) is 0 Å². The van der Waals surface area contributed by atoms with Crippen LogP contribution in [0.25, 0.3) is 10.9 Å². The van der Waals surface area contributed by atoms with Gasteiger partial charge in [-0.2, -0.15) is 13.2 Å². The van der Waals surface area contributed by atoms with E-state index in [9.17, 15) is 22.8 Å². The van der Waals surface area contributed by atoms with Crippen molar-refractivity contribution >= 4 is 28.5 Å². The molecule has 4 aromatic rings. The van der Waals surface area contributed by atoms with E-state index in [0.29, 0.717) is 30.5 Å². The number of aromatic nitrogens is 1. The van der Waals surface area contributed by atoms with Crippen molar-refractivity contribution < 1.29 is 27.9 Å². The molecule has 0 radical (unpaired) electrons. The molecule has 1 amide bonds. The Kier molecular flexibility index (Phi) is 8.33. The number of aromatic amines is 1. The number of halogens is 3. The number of nitrogens with zero attached hydrogens (tertiary/aromatic N) is 1. The summed E-state index contributed by atoms with van der Waals surface area (Å²) in [6.07, 6.45) is -0.927. The Morgan fingerprint density at radius 3 is 2.54 bits per heavy atom. The van der Waals surface area contributed by atoms with Crippen LogP contribution in [-0.4, -0.2) is 40.7 Å². The van der Waals surface area contributed by atoms with Crippen LogP contribution in [0.3, 0.4) is 0 Å². The lowest BCUT2D eigenvalue weighted by Crippen LogP contribution is -2.49. The second-order valence-corrected chi connectivity index (χ2v) is 10.5. The highest BCUT2D eigenvalue weighted by atomic mass is 19.4. The summed E-state index contributed by atoms with van der Waals surface area (Å²) in [4.78, 5) is 29.1. The van der Waals surface area contributed by atoms with Crippen LogP contribution in [0.2, 0.25) is 0 Å². The number of carbonyl (C=O) groups is 2. The Morgan fingerprint density at radius 2 is 1.78 bits per heavy atom. The van der Waals surface area contributed by atoms with Crippen molar-refractivity contribution in [3.63, 3.8) is 0 Å². The van der Waals surface area contributed by atoms with Gasteiger partial charge in [0.1, 0.15) is 6.04 Å². The lowest BCUT2D eigenvalue weighted by atomic mass is 9.93. The van der Waals surface area contributed by atoms with Crippen LogP contribution in [0.1, 0.15) is 54.0 Å². The number of aliphatic carboxylic acids is 1. The van der Waals surface area contributed by atoms with Gasteiger partial charge in [-0.1, -0.05) is 54.6 Å². The molecule has 3 N–H and O–H groups in total. The first-order chi connectivity index (χ1) is 19.7. The number of aryl methyl sites for hydroxylation is 1. The largest absolute Gasteiger partial charge is 0.481 e. The molecule has 2 heterocycles. The molecule has 0 saturated carbocycles. The zero-order valence-corrected chi connectivity index (χ0v) is 22.5. The molecule has 41 heavy (non-hydrogen) atoms. The number of fused-ring (bicyclic) bond motifs is 1. The molecule has 6 nitrogen and oxygen atoms in total. The number of rotatable bonds is 9.